The molecule has 0 aromatic heterocycles. The fraction of sp³-hybridized carbons (Fsp3) is 0.500. The minimum atomic E-state index is -0.496. The SMILES string of the molecule is Nc1ccc(F)cc1C(=O)OC1CC2CCC1C2. The Hall–Kier alpha value is -1.58. The summed E-state index contributed by atoms with van der Waals surface area (Å²) in [5.41, 5.74) is 6.08. The highest BCUT2D eigenvalue weighted by Crippen LogP contribution is 2.46. The van der Waals surface area contributed by atoms with Crippen molar-refractivity contribution in [3.63, 3.8) is 0 Å². The van der Waals surface area contributed by atoms with Gasteiger partial charge in [-0.25, -0.2) is 9.18 Å². The number of hydrogen-bond donors (Lipinski definition) is 1. The van der Waals surface area contributed by atoms with E-state index in [1.165, 1.54) is 18.6 Å². The van der Waals surface area contributed by atoms with Gasteiger partial charge in [0.05, 0.1) is 5.56 Å². The number of carbonyl (C=O) groups excluding carboxylic acids is 1. The van der Waals surface area contributed by atoms with Crippen molar-refractivity contribution in [2.24, 2.45) is 11.8 Å². The van der Waals surface area contributed by atoms with E-state index in [4.69, 9.17) is 10.5 Å². The second kappa shape index (κ2) is 4.26. The second-order valence-electron chi connectivity index (χ2n) is 5.35. The van der Waals surface area contributed by atoms with Crippen molar-refractivity contribution < 1.29 is 13.9 Å². The molecule has 1 aromatic carbocycles. The van der Waals surface area contributed by atoms with Crippen molar-refractivity contribution in [2.45, 2.75) is 31.8 Å². The van der Waals surface area contributed by atoms with Crippen molar-refractivity contribution >= 4 is 11.7 Å². The van der Waals surface area contributed by atoms with Crippen LogP contribution in [-0.4, -0.2) is 12.1 Å². The number of ether oxygens (including phenoxy) is 1. The smallest absolute Gasteiger partial charge is 0.340 e. The summed E-state index contributed by atoms with van der Waals surface area (Å²) in [6.07, 6.45) is 4.50. The molecule has 2 aliphatic carbocycles. The normalized spacial score (nSPS) is 29.5. The molecular weight excluding hydrogens is 233 g/mol. The summed E-state index contributed by atoms with van der Waals surface area (Å²) in [5, 5.41) is 0. The topological polar surface area (TPSA) is 52.3 Å². The van der Waals surface area contributed by atoms with Crippen LogP contribution in [0.4, 0.5) is 10.1 Å². The lowest BCUT2D eigenvalue weighted by atomic mass is 9.97. The van der Waals surface area contributed by atoms with Gasteiger partial charge in [-0.15, -0.1) is 0 Å². The maximum atomic E-state index is 13.1. The Morgan fingerprint density at radius 3 is 2.83 bits per heavy atom. The molecule has 2 saturated carbocycles. The van der Waals surface area contributed by atoms with Gasteiger partial charge in [-0.05, 0) is 55.7 Å². The van der Waals surface area contributed by atoms with Gasteiger partial charge in [-0.2, -0.15) is 0 Å². The molecule has 0 spiro atoms. The Morgan fingerprint density at radius 2 is 2.17 bits per heavy atom. The maximum Gasteiger partial charge on any atom is 0.340 e. The Kier molecular flexibility index (Phi) is 2.73. The van der Waals surface area contributed by atoms with Crippen LogP contribution in [0.1, 0.15) is 36.0 Å². The zero-order chi connectivity index (χ0) is 12.7. The predicted octanol–water partition coefficient (Wildman–Crippen LogP) is 2.75. The number of halogens is 1. The second-order valence-corrected chi connectivity index (χ2v) is 5.35. The van der Waals surface area contributed by atoms with E-state index in [-0.39, 0.29) is 17.4 Å². The highest BCUT2D eigenvalue weighted by atomic mass is 19.1. The van der Waals surface area contributed by atoms with Crippen LogP contribution in [-0.2, 0) is 4.74 Å². The third kappa shape index (κ3) is 1.96. The molecule has 2 aliphatic rings. The minimum Gasteiger partial charge on any atom is -0.458 e. The Morgan fingerprint density at radius 1 is 1.33 bits per heavy atom. The van der Waals surface area contributed by atoms with Crippen LogP contribution in [0.5, 0.6) is 0 Å². The van der Waals surface area contributed by atoms with E-state index in [1.807, 2.05) is 0 Å². The fourth-order valence-corrected chi connectivity index (χ4v) is 3.24. The van der Waals surface area contributed by atoms with Gasteiger partial charge in [-0.3, -0.25) is 0 Å². The number of anilines is 1. The zero-order valence-corrected chi connectivity index (χ0v) is 10.1. The van der Waals surface area contributed by atoms with Crippen molar-refractivity contribution in [3.8, 4) is 0 Å². The lowest BCUT2D eigenvalue weighted by molar-refractivity contribution is 0.0159. The van der Waals surface area contributed by atoms with Gasteiger partial charge >= 0.3 is 5.97 Å². The standard InChI is InChI=1S/C14H16FNO2/c15-10-3-4-12(16)11(7-10)14(17)18-13-6-8-1-2-9(13)5-8/h3-4,7-9,13H,1-2,5-6,16H2. The van der Waals surface area contributed by atoms with Crippen LogP contribution < -0.4 is 5.73 Å². The summed E-state index contributed by atoms with van der Waals surface area (Å²) in [6, 6.07) is 3.78. The molecule has 1 aromatic rings. The number of hydrogen-bond acceptors (Lipinski definition) is 3. The molecule has 2 fully saturated rings. The van der Waals surface area contributed by atoms with Crippen LogP contribution in [0.2, 0.25) is 0 Å². The first kappa shape index (κ1) is 11.5. The van der Waals surface area contributed by atoms with E-state index in [2.05, 4.69) is 0 Å². The highest BCUT2D eigenvalue weighted by molar-refractivity contribution is 5.95. The maximum absolute atomic E-state index is 13.1. The van der Waals surface area contributed by atoms with Gasteiger partial charge in [0.15, 0.2) is 0 Å². The van der Waals surface area contributed by atoms with Gasteiger partial charge in [0.2, 0.25) is 0 Å². The molecule has 96 valence electrons. The molecular formula is C14H16FNO2. The monoisotopic (exact) mass is 249 g/mol. The van der Waals surface area contributed by atoms with Crippen molar-refractivity contribution in [3.05, 3.63) is 29.6 Å². The molecule has 0 amide bonds. The Balaban J connectivity index is 1.73. The third-order valence-electron chi connectivity index (χ3n) is 4.17. The largest absolute Gasteiger partial charge is 0.458 e. The number of benzene rings is 1. The van der Waals surface area contributed by atoms with Gasteiger partial charge in [0.25, 0.3) is 0 Å². The van der Waals surface area contributed by atoms with E-state index < -0.39 is 11.8 Å². The summed E-state index contributed by atoms with van der Waals surface area (Å²) >= 11 is 0. The van der Waals surface area contributed by atoms with Gasteiger partial charge < -0.3 is 10.5 Å². The predicted molar refractivity (Wildman–Crippen MR) is 65.5 cm³/mol. The van der Waals surface area contributed by atoms with E-state index >= 15 is 0 Å². The summed E-state index contributed by atoms with van der Waals surface area (Å²) in [5.74, 6) is 0.236. The first-order chi connectivity index (χ1) is 8.63. The average Bonchev–Trinajstić information content (AvgIpc) is 2.94. The molecule has 0 heterocycles. The Bertz CT molecular complexity index is 489. The zero-order valence-electron chi connectivity index (χ0n) is 10.1. The molecule has 3 atom stereocenters. The number of esters is 1. The molecule has 3 rings (SSSR count). The lowest BCUT2D eigenvalue weighted by Gasteiger charge is -2.22. The first-order valence-electron chi connectivity index (χ1n) is 6.39. The number of fused-ring (bicyclic) bond motifs is 2. The van der Waals surface area contributed by atoms with Crippen LogP contribution in [0.3, 0.4) is 0 Å². The number of nitrogen functional groups attached to an aromatic ring is 1. The van der Waals surface area contributed by atoms with E-state index in [0.717, 1.165) is 25.3 Å². The summed E-state index contributed by atoms with van der Waals surface area (Å²) < 4.78 is 18.6. The van der Waals surface area contributed by atoms with Crippen molar-refractivity contribution in [1.82, 2.24) is 0 Å². The number of nitrogens with two attached hydrogens (primary N) is 1. The van der Waals surface area contributed by atoms with E-state index in [9.17, 15) is 9.18 Å². The van der Waals surface area contributed by atoms with Crippen molar-refractivity contribution in [1.29, 1.82) is 0 Å². The van der Waals surface area contributed by atoms with Gasteiger partial charge in [0, 0.05) is 5.69 Å². The molecule has 0 aliphatic heterocycles. The lowest BCUT2D eigenvalue weighted by Crippen LogP contribution is -2.24. The van der Waals surface area contributed by atoms with Crippen molar-refractivity contribution in [2.75, 3.05) is 5.73 Å². The Labute approximate surface area is 105 Å². The van der Waals surface area contributed by atoms with Crippen LogP contribution in [0.15, 0.2) is 18.2 Å². The molecule has 2 bridgehead atoms. The molecule has 4 heteroatoms. The first-order valence-corrected chi connectivity index (χ1v) is 6.39. The van der Waals surface area contributed by atoms with Gasteiger partial charge in [-0.1, -0.05) is 0 Å². The number of carbonyl (C=O) groups is 1. The molecule has 18 heavy (non-hydrogen) atoms. The molecule has 0 saturated heterocycles. The third-order valence-corrected chi connectivity index (χ3v) is 4.17. The molecule has 3 unspecified atom stereocenters. The highest BCUT2D eigenvalue weighted by Gasteiger charge is 2.41. The van der Waals surface area contributed by atoms with E-state index in [1.54, 1.807) is 0 Å². The molecule has 3 nitrogen and oxygen atoms in total. The molecule has 0 radical (unpaired) electrons. The van der Waals surface area contributed by atoms with Crippen LogP contribution in [0, 0.1) is 17.7 Å². The molecule has 2 N–H and O–H groups in total. The summed E-state index contributed by atoms with van der Waals surface area (Å²) in [7, 11) is 0. The fourth-order valence-electron chi connectivity index (χ4n) is 3.24. The van der Waals surface area contributed by atoms with Crippen LogP contribution >= 0.6 is 0 Å². The number of rotatable bonds is 2. The van der Waals surface area contributed by atoms with E-state index in [0.29, 0.717) is 11.8 Å². The average molecular weight is 249 g/mol. The van der Waals surface area contributed by atoms with Crippen LogP contribution in [0.25, 0.3) is 0 Å². The quantitative estimate of drug-likeness (QED) is 0.647. The van der Waals surface area contributed by atoms with Gasteiger partial charge in [0.1, 0.15) is 11.9 Å². The summed E-state index contributed by atoms with van der Waals surface area (Å²) in [4.78, 5) is 12.0. The minimum absolute atomic E-state index is 0.00100. The summed E-state index contributed by atoms with van der Waals surface area (Å²) in [6.45, 7) is 0.